The molecule has 0 atom stereocenters. The lowest BCUT2D eigenvalue weighted by atomic mass is 10.1. The van der Waals surface area contributed by atoms with Gasteiger partial charge in [0.1, 0.15) is 0 Å². The molecule has 0 unspecified atom stereocenters. The minimum atomic E-state index is -0.238. The van der Waals surface area contributed by atoms with Crippen molar-refractivity contribution in [3.8, 4) is 0 Å². The van der Waals surface area contributed by atoms with Crippen molar-refractivity contribution in [3.63, 3.8) is 0 Å². The van der Waals surface area contributed by atoms with Gasteiger partial charge in [-0.2, -0.15) is 0 Å². The molecule has 2 aromatic rings. The van der Waals surface area contributed by atoms with Crippen LogP contribution in [0.1, 0.15) is 26.3 Å². The summed E-state index contributed by atoms with van der Waals surface area (Å²) in [5.74, 6) is -0.477. The highest BCUT2D eigenvalue weighted by molar-refractivity contribution is 6.21. The van der Waals surface area contributed by atoms with Crippen LogP contribution in [0.15, 0.2) is 48.5 Å². The predicted octanol–water partition coefficient (Wildman–Crippen LogP) is 3.01. The van der Waals surface area contributed by atoms with Crippen molar-refractivity contribution < 1.29 is 9.59 Å². The zero-order valence-corrected chi connectivity index (χ0v) is 11.2. The molecule has 0 aromatic heterocycles. The van der Waals surface area contributed by atoms with Gasteiger partial charge >= 0.3 is 5.69 Å². The zero-order valence-electron chi connectivity index (χ0n) is 11.2. The Morgan fingerprint density at radius 3 is 2.00 bits per heavy atom. The van der Waals surface area contributed by atoms with Crippen molar-refractivity contribution in [2.24, 2.45) is 0 Å². The third-order valence-electron chi connectivity index (χ3n) is 3.55. The maximum Gasteiger partial charge on any atom is 0.385 e. The molecule has 5 heteroatoms. The van der Waals surface area contributed by atoms with Gasteiger partial charge in [0.05, 0.1) is 11.1 Å². The van der Waals surface area contributed by atoms with E-state index >= 15 is 0 Å². The van der Waals surface area contributed by atoms with Crippen molar-refractivity contribution in [1.82, 2.24) is 4.90 Å². The van der Waals surface area contributed by atoms with Crippen LogP contribution in [0.4, 0.5) is 5.69 Å². The van der Waals surface area contributed by atoms with E-state index in [1.165, 1.54) is 4.90 Å². The van der Waals surface area contributed by atoms with Crippen molar-refractivity contribution in [1.29, 1.82) is 5.39 Å². The number of diazo groups is 1. The minimum Gasteiger partial charge on any atom is -0.274 e. The minimum absolute atomic E-state index is 0.238. The van der Waals surface area contributed by atoms with Crippen LogP contribution in [0.2, 0.25) is 0 Å². The van der Waals surface area contributed by atoms with Crippen LogP contribution < -0.4 is 0 Å². The number of hydrogen-bond donors (Lipinski definition) is 0. The Balaban J connectivity index is 1.73. The van der Waals surface area contributed by atoms with E-state index in [4.69, 9.17) is 5.39 Å². The third-order valence-corrected chi connectivity index (χ3v) is 3.55. The molecule has 0 radical (unpaired) electrons. The van der Waals surface area contributed by atoms with Crippen LogP contribution in [0.5, 0.6) is 0 Å². The smallest absolute Gasteiger partial charge is 0.274 e. The molecule has 102 valence electrons. The first-order valence-corrected chi connectivity index (χ1v) is 6.60. The van der Waals surface area contributed by atoms with Gasteiger partial charge in [-0.3, -0.25) is 14.5 Å². The zero-order chi connectivity index (χ0) is 14.8. The first-order chi connectivity index (χ1) is 10.2. The largest absolute Gasteiger partial charge is 0.385 e. The highest BCUT2D eigenvalue weighted by Crippen LogP contribution is 2.22. The molecule has 0 saturated carbocycles. The molecular formula is C16H12N3O2+. The van der Waals surface area contributed by atoms with Crippen LogP contribution in [-0.4, -0.2) is 23.3 Å². The molecule has 1 aliphatic heterocycles. The molecule has 0 N–H and O–H groups in total. The van der Waals surface area contributed by atoms with Gasteiger partial charge in [-0.1, -0.05) is 24.3 Å². The third kappa shape index (κ3) is 2.28. The number of nitrogens with zero attached hydrogens (tertiary/aromatic N) is 3. The summed E-state index contributed by atoms with van der Waals surface area (Å²) < 4.78 is 0. The predicted molar refractivity (Wildman–Crippen MR) is 76.7 cm³/mol. The number of hydrogen-bond acceptors (Lipinski definition) is 3. The van der Waals surface area contributed by atoms with Crippen LogP contribution >= 0.6 is 0 Å². The maximum atomic E-state index is 12.2. The highest BCUT2D eigenvalue weighted by Gasteiger charge is 2.34. The second-order valence-electron chi connectivity index (χ2n) is 4.82. The molecule has 21 heavy (non-hydrogen) atoms. The number of rotatable bonds is 3. The van der Waals surface area contributed by atoms with E-state index < -0.39 is 0 Å². The fourth-order valence-electron chi connectivity index (χ4n) is 2.41. The molecule has 0 saturated heterocycles. The molecule has 0 aliphatic carbocycles. The van der Waals surface area contributed by atoms with Gasteiger partial charge in [0.2, 0.25) is 5.39 Å². The van der Waals surface area contributed by atoms with Gasteiger partial charge in [-0.05, 0) is 24.1 Å². The standard InChI is InChI=1S/C16H12N3O2/c17-18-12-7-5-11(6-8-12)9-10-19-15(20)13-3-1-2-4-14(13)16(19)21/h1-8H,9-10H2/q+1. The molecule has 5 nitrogen and oxygen atoms in total. The molecule has 2 aromatic carbocycles. The summed E-state index contributed by atoms with van der Waals surface area (Å²) in [7, 11) is 0. The van der Waals surface area contributed by atoms with Gasteiger partial charge in [0.25, 0.3) is 11.8 Å². The molecule has 0 fully saturated rings. The number of imide groups is 1. The molecule has 1 heterocycles. The number of carbonyl (C=O) groups excluding carboxylic acids is 2. The lowest BCUT2D eigenvalue weighted by Gasteiger charge is -2.13. The van der Waals surface area contributed by atoms with Gasteiger partial charge in [-0.15, -0.1) is 0 Å². The van der Waals surface area contributed by atoms with E-state index in [1.54, 1.807) is 36.4 Å². The maximum absolute atomic E-state index is 12.2. The van der Waals surface area contributed by atoms with E-state index in [-0.39, 0.29) is 11.8 Å². The molecule has 0 bridgehead atoms. The Hall–Kier alpha value is -3.00. The summed E-state index contributed by atoms with van der Waals surface area (Å²) in [6.45, 7) is 0.335. The van der Waals surface area contributed by atoms with Crippen LogP contribution in [0, 0.1) is 5.39 Å². The number of benzene rings is 2. The molecule has 3 rings (SSSR count). The Bertz CT molecular complexity index is 725. The summed E-state index contributed by atoms with van der Waals surface area (Å²) >= 11 is 0. The van der Waals surface area contributed by atoms with Crippen molar-refractivity contribution in [2.75, 3.05) is 6.54 Å². The van der Waals surface area contributed by atoms with E-state index in [0.29, 0.717) is 29.8 Å². The van der Waals surface area contributed by atoms with Crippen molar-refractivity contribution >= 4 is 17.5 Å². The highest BCUT2D eigenvalue weighted by atomic mass is 16.2. The fraction of sp³-hybridized carbons (Fsp3) is 0.125. The monoisotopic (exact) mass is 278 g/mol. The van der Waals surface area contributed by atoms with Gasteiger partial charge < -0.3 is 0 Å². The van der Waals surface area contributed by atoms with Gasteiger partial charge in [0, 0.05) is 18.7 Å². The Labute approximate surface area is 121 Å². The first kappa shape index (κ1) is 13.0. The summed E-state index contributed by atoms with van der Waals surface area (Å²) in [4.78, 5) is 28.7. The summed E-state index contributed by atoms with van der Waals surface area (Å²) in [6.07, 6.45) is 0.567. The van der Waals surface area contributed by atoms with E-state index in [1.807, 2.05) is 12.1 Å². The molecule has 2 amide bonds. The average molecular weight is 278 g/mol. The second kappa shape index (κ2) is 5.17. The Morgan fingerprint density at radius 2 is 1.48 bits per heavy atom. The lowest BCUT2D eigenvalue weighted by Crippen LogP contribution is -2.31. The van der Waals surface area contributed by atoms with Crippen LogP contribution in [-0.2, 0) is 6.42 Å². The molecule has 0 spiro atoms. The lowest BCUT2D eigenvalue weighted by molar-refractivity contribution is 0.0656. The average Bonchev–Trinajstić information content (AvgIpc) is 2.78. The van der Waals surface area contributed by atoms with Crippen molar-refractivity contribution in [2.45, 2.75) is 6.42 Å². The summed E-state index contributed by atoms with van der Waals surface area (Å²) in [5.41, 5.74) is 2.38. The Morgan fingerprint density at radius 1 is 0.905 bits per heavy atom. The van der Waals surface area contributed by atoms with Gasteiger partial charge in [0.15, 0.2) is 4.98 Å². The summed E-state index contributed by atoms with van der Waals surface area (Å²) in [5, 5.41) is 8.63. The van der Waals surface area contributed by atoms with Gasteiger partial charge in [-0.25, -0.2) is 0 Å². The first-order valence-electron chi connectivity index (χ1n) is 6.60. The van der Waals surface area contributed by atoms with Crippen molar-refractivity contribution in [3.05, 3.63) is 70.2 Å². The normalized spacial score (nSPS) is 13.2. The van der Waals surface area contributed by atoms with E-state index in [9.17, 15) is 9.59 Å². The van der Waals surface area contributed by atoms with Crippen LogP contribution in [0.3, 0.4) is 0 Å². The Kier molecular flexibility index (Phi) is 3.20. The van der Waals surface area contributed by atoms with E-state index in [0.717, 1.165) is 5.56 Å². The topological polar surface area (TPSA) is 65.5 Å². The number of amides is 2. The van der Waals surface area contributed by atoms with Crippen LogP contribution in [0.25, 0.3) is 4.98 Å². The second-order valence-corrected chi connectivity index (χ2v) is 4.82. The number of fused-ring (bicyclic) bond motifs is 1. The number of carbonyl (C=O) groups is 2. The molecule has 1 aliphatic rings. The van der Waals surface area contributed by atoms with E-state index in [2.05, 4.69) is 4.98 Å². The SMILES string of the molecule is N#[N+]c1ccc(CCN2C(=O)c3ccccc3C2=O)cc1. The quantitative estimate of drug-likeness (QED) is 0.640. The summed E-state index contributed by atoms with van der Waals surface area (Å²) in [6, 6.07) is 13.8. The fourth-order valence-corrected chi connectivity index (χ4v) is 2.41. The molecular weight excluding hydrogens is 266 g/mol.